The number of hydrogen-bond acceptors (Lipinski definition) is 4. The van der Waals surface area contributed by atoms with Crippen LogP contribution in [0.15, 0.2) is 20.3 Å². The van der Waals surface area contributed by atoms with Gasteiger partial charge in [-0.25, -0.2) is 0 Å². The van der Waals surface area contributed by atoms with Gasteiger partial charge in [-0.05, 0) is 0 Å². The van der Waals surface area contributed by atoms with Crippen LogP contribution in [0.5, 0.6) is 0 Å². The van der Waals surface area contributed by atoms with Crippen LogP contribution in [0.25, 0.3) is 0 Å². The van der Waals surface area contributed by atoms with E-state index in [0.717, 1.165) is 0 Å². The van der Waals surface area contributed by atoms with Crippen molar-refractivity contribution in [3.05, 3.63) is 20.3 Å². The molecular weight excluding hydrogens is 303 g/mol. The summed E-state index contributed by atoms with van der Waals surface area (Å²) in [6, 6.07) is 0. The summed E-state index contributed by atoms with van der Waals surface area (Å²) in [6.07, 6.45) is 3.48. The average molecular weight is 319 g/mol. The molecule has 0 saturated heterocycles. The van der Waals surface area contributed by atoms with Gasteiger partial charge in [-0.2, -0.15) is 0 Å². The number of hydrogen-bond donors (Lipinski definition) is 0. The second-order valence-corrected chi connectivity index (χ2v) is 10.1. The van der Waals surface area contributed by atoms with Crippen LogP contribution in [0, 0.1) is 0 Å². The molecule has 4 nitrogen and oxygen atoms in total. The van der Waals surface area contributed by atoms with Crippen molar-refractivity contribution in [2.24, 2.45) is 0 Å². The third kappa shape index (κ3) is 5.61. The molecule has 0 spiro atoms. The Morgan fingerprint density at radius 2 is 1.27 bits per heavy atom. The molecule has 0 bridgehead atoms. The van der Waals surface area contributed by atoms with E-state index in [1.165, 1.54) is 13.8 Å². The zero-order chi connectivity index (χ0) is 11.9. The van der Waals surface area contributed by atoms with E-state index < -0.39 is 31.1 Å². The molecule has 0 aromatic rings. The maximum absolute atomic E-state index is 11.0. The normalized spacial score (nSPS) is 12.0. The van der Waals surface area contributed by atoms with E-state index in [4.69, 9.17) is 6.15 Å². The minimum absolute atomic E-state index is 0.428. The fraction of sp³-hybridized carbons (Fsp3) is 0.400. The molecule has 0 rings (SSSR count). The molecule has 0 saturated carbocycles. The molecule has 0 aliphatic carbocycles. The third-order valence-electron chi connectivity index (χ3n) is 1.40. The molecule has 15 heavy (non-hydrogen) atoms. The Morgan fingerprint density at radius 1 is 0.933 bits per heavy atom. The molecule has 0 radical (unpaired) electrons. The quantitative estimate of drug-likeness (QED) is 0.742. The zero-order valence-electron chi connectivity index (χ0n) is 9.44. The molecular formula is C10H16O4Sn. The summed E-state index contributed by atoms with van der Waals surface area (Å²) in [5, 5.41) is 0. The summed E-state index contributed by atoms with van der Waals surface area (Å²) >= 11 is -3.78. The van der Waals surface area contributed by atoms with Crippen molar-refractivity contribution < 1.29 is 15.7 Å². The predicted molar refractivity (Wildman–Crippen MR) is 58.9 cm³/mol. The van der Waals surface area contributed by atoms with Gasteiger partial charge in [0.15, 0.2) is 0 Å². The maximum atomic E-state index is 11.0. The van der Waals surface area contributed by atoms with Crippen molar-refractivity contribution in [2.75, 3.05) is 0 Å². The van der Waals surface area contributed by atoms with E-state index in [1.807, 2.05) is 0 Å². The number of rotatable bonds is 4. The molecule has 0 aromatic heterocycles. The summed E-state index contributed by atoms with van der Waals surface area (Å²) in [4.78, 5) is 21.9. The van der Waals surface area contributed by atoms with Crippen LogP contribution in [0.2, 0.25) is 0 Å². The van der Waals surface area contributed by atoms with Crippen molar-refractivity contribution in [3.63, 3.8) is 0 Å². The first-order chi connectivity index (χ1) is 6.95. The molecule has 0 aliphatic rings. The van der Waals surface area contributed by atoms with Crippen LogP contribution in [0.3, 0.4) is 0 Å². The van der Waals surface area contributed by atoms with Gasteiger partial charge in [0, 0.05) is 0 Å². The van der Waals surface area contributed by atoms with Crippen molar-refractivity contribution in [3.8, 4) is 0 Å². The zero-order valence-corrected chi connectivity index (χ0v) is 12.3. The van der Waals surface area contributed by atoms with Gasteiger partial charge < -0.3 is 0 Å². The average Bonchev–Trinajstić information content (AvgIpc) is 2.01. The first-order valence-corrected chi connectivity index (χ1v) is 10.2. The van der Waals surface area contributed by atoms with Gasteiger partial charge >= 0.3 is 94.9 Å². The van der Waals surface area contributed by atoms with E-state index >= 15 is 0 Å². The van der Waals surface area contributed by atoms with E-state index in [0.29, 0.717) is 0 Å². The molecule has 5 heteroatoms. The van der Waals surface area contributed by atoms with Crippen molar-refractivity contribution >= 4 is 31.1 Å². The molecule has 0 amide bonds. The molecule has 0 N–H and O–H groups in total. The molecule has 84 valence electrons. The molecule has 0 fully saturated rings. The van der Waals surface area contributed by atoms with E-state index in [-0.39, 0.29) is 0 Å². The first-order valence-electron chi connectivity index (χ1n) is 4.62. The number of allylic oxidation sites excluding steroid dienone is 2. The van der Waals surface area contributed by atoms with Crippen LogP contribution in [-0.2, 0) is 15.7 Å². The SMILES string of the molecule is CC=[CH][Sn]([CH]=CC)([O]C(C)=O)[O]C(C)=O. The van der Waals surface area contributed by atoms with Crippen LogP contribution in [0.1, 0.15) is 27.7 Å². The van der Waals surface area contributed by atoms with Crippen LogP contribution in [0.4, 0.5) is 0 Å². The fourth-order valence-corrected chi connectivity index (χ4v) is 7.56. The van der Waals surface area contributed by atoms with Crippen molar-refractivity contribution in [2.45, 2.75) is 27.7 Å². The van der Waals surface area contributed by atoms with Gasteiger partial charge in [-0.15, -0.1) is 0 Å². The Labute approximate surface area is 94.9 Å². The van der Waals surface area contributed by atoms with Gasteiger partial charge in [0.05, 0.1) is 0 Å². The molecule has 0 unspecified atom stereocenters. The van der Waals surface area contributed by atoms with E-state index in [1.54, 1.807) is 34.2 Å². The standard InChI is InChI=1S/2C3H5.2C2H4O2.Sn/c2*1-3-2;2*1-2(3)4;/h2*1,3H,2H3;2*1H3,(H,3,4);/q;;;;+2/p-2. The van der Waals surface area contributed by atoms with Crippen molar-refractivity contribution in [1.82, 2.24) is 0 Å². The monoisotopic (exact) mass is 320 g/mol. The van der Waals surface area contributed by atoms with Crippen LogP contribution < -0.4 is 0 Å². The Kier molecular flexibility index (Phi) is 6.31. The predicted octanol–water partition coefficient (Wildman–Crippen LogP) is 1.79. The fourth-order valence-electron chi connectivity index (χ4n) is 1.13. The Hall–Kier alpha value is -0.781. The summed E-state index contributed by atoms with van der Waals surface area (Å²) in [6.45, 7) is 6.20. The molecule has 0 heterocycles. The van der Waals surface area contributed by atoms with Gasteiger partial charge in [-0.3, -0.25) is 0 Å². The Bertz CT molecular complexity index is 264. The molecule has 0 aromatic carbocycles. The third-order valence-corrected chi connectivity index (χ3v) is 9.42. The summed E-state index contributed by atoms with van der Waals surface area (Å²) in [7, 11) is 0. The topological polar surface area (TPSA) is 52.6 Å². The number of carbonyl (C=O) groups is 2. The summed E-state index contributed by atoms with van der Waals surface area (Å²) < 4.78 is 13.8. The Balaban J connectivity index is 5.05. The van der Waals surface area contributed by atoms with Gasteiger partial charge in [-0.1, -0.05) is 0 Å². The summed E-state index contributed by atoms with van der Waals surface area (Å²) in [5.74, 6) is -0.855. The Morgan fingerprint density at radius 3 is 1.47 bits per heavy atom. The van der Waals surface area contributed by atoms with E-state index in [2.05, 4.69) is 0 Å². The van der Waals surface area contributed by atoms with Crippen LogP contribution >= 0.6 is 0 Å². The summed E-state index contributed by atoms with van der Waals surface area (Å²) in [5.41, 5.74) is 0. The molecule has 0 atom stereocenters. The van der Waals surface area contributed by atoms with Gasteiger partial charge in [0.1, 0.15) is 0 Å². The second kappa shape index (κ2) is 6.66. The van der Waals surface area contributed by atoms with Gasteiger partial charge in [0.25, 0.3) is 0 Å². The van der Waals surface area contributed by atoms with Gasteiger partial charge in [0.2, 0.25) is 0 Å². The van der Waals surface area contributed by atoms with E-state index in [9.17, 15) is 9.59 Å². The number of carbonyl (C=O) groups excluding carboxylic acids is 2. The van der Waals surface area contributed by atoms with Crippen LogP contribution in [-0.4, -0.2) is 31.1 Å². The first kappa shape index (κ1) is 14.2. The molecule has 0 aliphatic heterocycles. The minimum atomic E-state index is -3.78. The van der Waals surface area contributed by atoms with Crippen molar-refractivity contribution in [1.29, 1.82) is 0 Å². The second-order valence-electron chi connectivity index (χ2n) is 2.91.